The van der Waals surface area contributed by atoms with Gasteiger partial charge < -0.3 is 10.1 Å². The first-order chi connectivity index (χ1) is 10.6. The molecule has 3 nitrogen and oxygen atoms in total. The second-order valence-electron chi connectivity index (χ2n) is 8.60. The van der Waals surface area contributed by atoms with Gasteiger partial charge in [-0.3, -0.25) is 4.79 Å². The maximum atomic E-state index is 12.2. The van der Waals surface area contributed by atoms with Crippen molar-refractivity contribution in [1.29, 1.82) is 0 Å². The molecule has 0 unspecified atom stereocenters. The number of carbonyl (C=O) groups is 1. The van der Waals surface area contributed by atoms with Crippen molar-refractivity contribution in [1.82, 2.24) is 5.32 Å². The summed E-state index contributed by atoms with van der Waals surface area (Å²) in [5.74, 6) is 3.81. The molecule has 0 spiro atoms. The van der Waals surface area contributed by atoms with Crippen LogP contribution in [0.5, 0.6) is 0 Å². The van der Waals surface area contributed by atoms with Crippen LogP contribution in [-0.2, 0) is 9.53 Å². The Hall–Kier alpha value is -0.220. The molecule has 0 aromatic heterocycles. The van der Waals surface area contributed by atoms with E-state index in [4.69, 9.17) is 4.74 Å². The van der Waals surface area contributed by atoms with Crippen molar-refractivity contribution in [3.8, 4) is 0 Å². The first-order valence-electron chi connectivity index (χ1n) is 9.00. The number of thioether (sulfide) groups is 1. The summed E-state index contributed by atoms with van der Waals surface area (Å²) < 4.78 is 5.72. The maximum Gasteiger partial charge on any atom is 0.230 e. The summed E-state index contributed by atoms with van der Waals surface area (Å²) in [6.07, 6.45) is 11.0. The molecule has 5 rings (SSSR count). The molecule has 5 fully saturated rings. The number of carbonyl (C=O) groups excluding carboxylic acids is 1. The van der Waals surface area contributed by atoms with Gasteiger partial charge in [-0.1, -0.05) is 0 Å². The lowest BCUT2D eigenvalue weighted by Crippen LogP contribution is -2.49. The molecule has 0 aliphatic heterocycles. The van der Waals surface area contributed by atoms with Crippen molar-refractivity contribution >= 4 is 17.7 Å². The van der Waals surface area contributed by atoms with Gasteiger partial charge in [-0.05, 0) is 69.1 Å². The summed E-state index contributed by atoms with van der Waals surface area (Å²) in [6, 6.07) is 0. The van der Waals surface area contributed by atoms with E-state index in [0.29, 0.717) is 10.5 Å². The first kappa shape index (κ1) is 15.3. The Labute approximate surface area is 138 Å². The smallest absolute Gasteiger partial charge is 0.230 e. The fraction of sp³-hybridized carbons (Fsp3) is 0.944. The van der Waals surface area contributed by atoms with Crippen LogP contribution in [0.15, 0.2) is 0 Å². The van der Waals surface area contributed by atoms with Gasteiger partial charge in [0.15, 0.2) is 0 Å². The van der Waals surface area contributed by atoms with Crippen LogP contribution >= 0.6 is 11.8 Å². The van der Waals surface area contributed by atoms with Gasteiger partial charge in [0.2, 0.25) is 5.91 Å². The minimum absolute atomic E-state index is 0.239. The van der Waals surface area contributed by atoms with E-state index >= 15 is 0 Å². The summed E-state index contributed by atoms with van der Waals surface area (Å²) in [5.41, 5.74) is 0.260. The highest BCUT2D eigenvalue weighted by atomic mass is 32.2. The van der Waals surface area contributed by atoms with E-state index in [-0.39, 0.29) is 11.3 Å². The van der Waals surface area contributed by atoms with Gasteiger partial charge in [0.05, 0.1) is 12.4 Å². The Morgan fingerprint density at radius 2 is 1.73 bits per heavy atom. The molecular formula is C18H29NO2S. The standard InChI is InChI=1S/C18H29NO2S/c1-21-12-17(2-3-17)11-19-16(20)10-22-18-7-13-4-14(8-18)6-15(5-13)9-18/h13-15H,2-12H2,1H3,(H,19,20). The van der Waals surface area contributed by atoms with Crippen molar-refractivity contribution in [3.05, 3.63) is 0 Å². The fourth-order valence-corrected chi connectivity index (χ4v) is 7.22. The molecular weight excluding hydrogens is 294 g/mol. The summed E-state index contributed by atoms with van der Waals surface area (Å²) in [5, 5.41) is 3.16. The molecule has 22 heavy (non-hydrogen) atoms. The number of methoxy groups -OCH3 is 1. The molecule has 0 saturated heterocycles. The number of rotatable bonds is 7. The SMILES string of the molecule is COCC1(CNC(=O)CSC23CC4CC(CC(C4)C2)C3)CC1. The van der Waals surface area contributed by atoms with Crippen molar-refractivity contribution in [2.75, 3.05) is 26.0 Å². The average Bonchev–Trinajstić information content (AvgIpc) is 3.22. The van der Waals surface area contributed by atoms with Crippen LogP contribution in [0.25, 0.3) is 0 Å². The molecule has 4 heteroatoms. The maximum absolute atomic E-state index is 12.2. The molecule has 0 heterocycles. The predicted octanol–water partition coefficient (Wildman–Crippen LogP) is 3.23. The van der Waals surface area contributed by atoms with E-state index in [1.165, 1.54) is 51.4 Å². The Morgan fingerprint density at radius 1 is 1.14 bits per heavy atom. The second kappa shape index (κ2) is 5.70. The van der Waals surface area contributed by atoms with E-state index in [9.17, 15) is 4.79 Å². The van der Waals surface area contributed by atoms with E-state index < -0.39 is 0 Å². The molecule has 0 aromatic carbocycles. The Bertz CT molecular complexity index is 411. The quantitative estimate of drug-likeness (QED) is 0.782. The molecule has 5 aliphatic carbocycles. The number of hydrogen-bond acceptors (Lipinski definition) is 3. The third-order valence-corrected chi connectivity index (χ3v) is 8.08. The Morgan fingerprint density at radius 3 is 2.23 bits per heavy atom. The molecule has 5 saturated carbocycles. The highest BCUT2D eigenvalue weighted by molar-refractivity contribution is 8.01. The minimum Gasteiger partial charge on any atom is -0.384 e. The van der Waals surface area contributed by atoms with Crippen molar-refractivity contribution in [2.45, 2.75) is 56.1 Å². The van der Waals surface area contributed by atoms with E-state index in [0.717, 1.165) is 30.9 Å². The molecule has 4 bridgehead atoms. The Kier molecular flexibility index (Phi) is 3.97. The molecule has 0 radical (unpaired) electrons. The third kappa shape index (κ3) is 3.06. The molecule has 124 valence electrons. The van der Waals surface area contributed by atoms with Crippen LogP contribution in [0.1, 0.15) is 51.4 Å². The second-order valence-corrected chi connectivity index (χ2v) is 10.0. The Balaban J connectivity index is 1.25. The van der Waals surface area contributed by atoms with Crippen molar-refractivity contribution in [2.24, 2.45) is 23.2 Å². The number of hydrogen-bond donors (Lipinski definition) is 1. The fourth-order valence-electron chi connectivity index (χ4n) is 5.62. The molecule has 1 amide bonds. The van der Waals surface area contributed by atoms with Gasteiger partial charge >= 0.3 is 0 Å². The van der Waals surface area contributed by atoms with Gasteiger partial charge in [0.1, 0.15) is 0 Å². The summed E-state index contributed by atoms with van der Waals surface area (Å²) in [6.45, 7) is 1.59. The lowest BCUT2D eigenvalue weighted by molar-refractivity contribution is -0.118. The summed E-state index contributed by atoms with van der Waals surface area (Å²) in [7, 11) is 1.75. The van der Waals surface area contributed by atoms with Crippen LogP contribution in [0.3, 0.4) is 0 Å². The van der Waals surface area contributed by atoms with Crippen molar-refractivity contribution < 1.29 is 9.53 Å². The van der Waals surface area contributed by atoms with Gasteiger partial charge in [-0.2, -0.15) is 0 Å². The van der Waals surface area contributed by atoms with Crippen LogP contribution in [0.4, 0.5) is 0 Å². The molecule has 0 atom stereocenters. The van der Waals surface area contributed by atoms with Crippen LogP contribution < -0.4 is 5.32 Å². The minimum atomic E-state index is 0.239. The first-order valence-corrected chi connectivity index (χ1v) is 9.99. The predicted molar refractivity (Wildman–Crippen MR) is 89.9 cm³/mol. The highest BCUT2D eigenvalue weighted by Gasteiger charge is 2.51. The largest absolute Gasteiger partial charge is 0.384 e. The third-order valence-electron chi connectivity index (χ3n) is 6.56. The molecule has 5 aliphatic rings. The number of nitrogens with one attached hydrogen (secondary N) is 1. The van der Waals surface area contributed by atoms with Crippen LogP contribution in [-0.4, -0.2) is 36.7 Å². The number of ether oxygens (including phenoxy) is 1. The van der Waals surface area contributed by atoms with E-state index in [2.05, 4.69) is 5.32 Å². The molecule has 0 aromatic rings. The van der Waals surface area contributed by atoms with Crippen LogP contribution in [0, 0.1) is 23.2 Å². The zero-order chi connectivity index (χ0) is 15.2. The van der Waals surface area contributed by atoms with Gasteiger partial charge in [0.25, 0.3) is 0 Å². The molecule has 1 N–H and O–H groups in total. The van der Waals surface area contributed by atoms with Crippen LogP contribution in [0.2, 0.25) is 0 Å². The zero-order valence-corrected chi connectivity index (χ0v) is 14.6. The van der Waals surface area contributed by atoms with E-state index in [1.807, 2.05) is 11.8 Å². The monoisotopic (exact) mass is 323 g/mol. The topological polar surface area (TPSA) is 38.3 Å². The summed E-state index contributed by atoms with van der Waals surface area (Å²) in [4.78, 5) is 12.2. The lowest BCUT2D eigenvalue weighted by atomic mass is 9.56. The average molecular weight is 324 g/mol. The lowest BCUT2D eigenvalue weighted by Gasteiger charge is -2.56. The highest BCUT2D eigenvalue weighted by Crippen LogP contribution is 2.60. The zero-order valence-electron chi connectivity index (χ0n) is 13.7. The van der Waals surface area contributed by atoms with Gasteiger partial charge in [-0.25, -0.2) is 0 Å². The normalized spacial score (nSPS) is 40.7. The summed E-state index contributed by atoms with van der Waals surface area (Å²) >= 11 is 1.98. The van der Waals surface area contributed by atoms with Crippen molar-refractivity contribution in [3.63, 3.8) is 0 Å². The number of amides is 1. The van der Waals surface area contributed by atoms with Gasteiger partial charge in [-0.15, -0.1) is 11.8 Å². The van der Waals surface area contributed by atoms with E-state index in [1.54, 1.807) is 7.11 Å². The van der Waals surface area contributed by atoms with Gasteiger partial charge in [0, 0.05) is 23.8 Å².